The van der Waals surface area contributed by atoms with Crippen LogP contribution in [0.2, 0.25) is 0 Å². The molecule has 66 valence electrons. The molecule has 0 aliphatic carbocycles. The zero-order chi connectivity index (χ0) is 8.97. The van der Waals surface area contributed by atoms with Gasteiger partial charge < -0.3 is 4.90 Å². The molecule has 4 heteroatoms. The second-order valence-corrected chi connectivity index (χ2v) is 2.71. The molecule has 12 heavy (non-hydrogen) atoms. The van der Waals surface area contributed by atoms with Gasteiger partial charge in [-0.1, -0.05) is 5.92 Å². The molecule has 0 unspecified atom stereocenters. The lowest BCUT2D eigenvalue weighted by Crippen LogP contribution is -2.52. The number of carbonyl (C=O) groups excluding carboxylic acids is 1. The highest BCUT2D eigenvalue weighted by Crippen LogP contribution is 1.97. The molecule has 1 aliphatic rings. The summed E-state index contributed by atoms with van der Waals surface area (Å²) in [5.74, 6) is 11.1. The van der Waals surface area contributed by atoms with Crippen molar-refractivity contribution in [2.75, 3.05) is 26.2 Å². The molecule has 0 aromatic heterocycles. The number of hydrazine groups is 1. The fourth-order valence-electron chi connectivity index (χ4n) is 1.07. The number of piperazine rings is 1. The number of hydrogen-bond donors (Lipinski definition) is 1. The highest BCUT2D eigenvalue weighted by Gasteiger charge is 2.20. The summed E-state index contributed by atoms with van der Waals surface area (Å²) in [6.45, 7) is 4.03. The number of carbonyl (C=O) groups is 1. The standard InChI is InChI=1S/C8H13N3O/c1-2-3-4-10-5-6-11(9)7-8(10)12/h4-7,9H2,1H3. The smallest absolute Gasteiger partial charge is 0.239 e. The van der Waals surface area contributed by atoms with Crippen LogP contribution in [0.15, 0.2) is 0 Å². The molecule has 0 radical (unpaired) electrons. The number of nitrogens with zero attached hydrogens (tertiary/aromatic N) is 2. The molecule has 1 fully saturated rings. The van der Waals surface area contributed by atoms with Crippen molar-refractivity contribution < 1.29 is 4.79 Å². The largest absolute Gasteiger partial charge is 0.329 e. The van der Waals surface area contributed by atoms with Crippen molar-refractivity contribution in [1.29, 1.82) is 0 Å². The van der Waals surface area contributed by atoms with E-state index in [4.69, 9.17) is 5.84 Å². The molecule has 0 aromatic rings. The van der Waals surface area contributed by atoms with E-state index >= 15 is 0 Å². The summed E-state index contributed by atoms with van der Waals surface area (Å²) < 4.78 is 0. The van der Waals surface area contributed by atoms with Gasteiger partial charge in [-0.2, -0.15) is 0 Å². The Labute approximate surface area is 72.3 Å². The molecule has 4 nitrogen and oxygen atoms in total. The van der Waals surface area contributed by atoms with E-state index in [2.05, 4.69) is 11.8 Å². The SMILES string of the molecule is CC#CCN1CCN(N)CC1=O. The maximum atomic E-state index is 11.2. The van der Waals surface area contributed by atoms with Gasteiger partial charge >= 0.3 is 0 Å². The number of amides is 1. The second-order valence-electron chi connectivity index (χ2n) is 2.71. The number of rotatable bonds is 1. The third-order valence-electron chi connectivity index (χ3n) is 1.79. The molecule has 0 atom stereocenters. The van der Waals surface area contributed by atoms with Gasteiger partial charge in [-0.25, -0.2) is 5.01 Å². The van der Waals surface area contributed by atoms with E-state index in [1.165, 1.54) is 5.01 Å². The van der Waals surface area contributed by atoms with Crippen LogP contribution < -0.4 is 5.84 Å². The first-order valence-electron chi connectivity index (χ1n) is 3.91. The topological polar surface area (TPSA) is 49.6 Å². The Morgan fingerprint density at radius 3 is 2.92 bits per heavy atom. The number of nitrogens with two attached hydrogens (primary N) is 1. The summed E-state index contributed by atoms with van der Waals surface area (Å²) in [5.41, 5.74) is 0. The van der Waals surface area contributed by atoms with Crippen molar-refractivity contribution in [3.63, 3.8) is 0 Å². The minimum absolute atomic E-state index is 0.0616. The fraction of sp³-hybridized carbons (Fsp3) is 0.625. The quantitative estimate of drug-likeness (QED) is 0.404. The van der Waals surface area contributed by atoms with E-state index in [1.54, 1.807) is 11.8 Å². The lowest BCUT2D eigenvalue weighted by molar-refractivity contribution is -0.135. The van der Waals surface area contributed by atoms with Crippen LogP contribution >= 0.6 is 0 Å². The van der Waals surface area contributed by atoms with Crippen LogP contribution in [0.1, 0.15) is 6.92 Å². The van der Waals surface area contributed by atoms with Crippen LogP contribution in [0, 0.1) is 11.8 Å². The molecule has 2 N–H and O–H groups in total. The zero-order valence-corrected chi connectivity index (χ0v) is 7.21. The average molecular weight is 167 g/mol. The van der Waals surface area contributed by atoms with Gasteiger partial charge in [0.25, 0.3) is 0 Å². The molecular weight excluding hydrogens is 154 g/mol. The minimum Gasteiger partial charge on any atom is -0.329 e. The van der Waals surface area contributed by atoms with Crippen LogP contribution in [-0.2, 0) is 4.79 Å². The molecule has 1 aliphatic heterocycles. The molecule has 0 spiro atoms. The normalized spacial score (nSPS) is 18.8. The van der Waals surface area contributed by atoms with Gasteiger partial charge in [0.15, 0.2) is 0 Å². The summed E-state index contributed by atoms with van der Waals surface area (Å²) >= 11 is 0. The molecular formula is C8H13N3O. The fourth-order valence-corrected chi connectivity index (χ4v) is 1.07. The van der Waals surface area contributed by atoms with Crippen molar-refractivity contribution in [1.82, 2.24) is 9.91 Å². The Morgan fingerprint density at radius 2 is 2.33 bits per heavy atom. The van der Waals surface area contributed by atoms with Crippen LogP contribution in [0.25, 0.3) is 0 Å². The highest BCUT2D eigenvalue weighted by molar-refractivity contribution is 5.79. The van der Waals surface area contributed by atoms with E-state index in [1.807, 2.05) is 0 Å². The summed E-state index contributed by atoms with van der Waals surface area (Å²) in [6, 6.07) is 0. The van der Waals surface area contributed by atoms with Gasteiger partial charge in [0.1, 0.15) is 0 Å². The van der Waals surface area contributed by atoms with Gasteiger partial charge in [-0.3, -0.25) is 10.6 Å². The van der Waals surface area contributed by atoms with Gasteiger partial charge in [0, 0.05) is 13.1 Å². The molecule has 1 amide bonds. The Morgan fingerprint density at radius 1 is 1.58 bits per heavy atom. The molecule has 1 heterocycles. The maximum Gasteiger partial charge on any atom is 0.239 e. The first-order valence-corrected chi connectivity index (χ1v) is 3.91. The van der Waals surface area contributed by atoms with Crippen LogP contribution in [-0.4, -0.2) is 42.0 Å². The van der Waals surface area contributed by atoms with Crippen molar-refractivity contribution in [3.8, 4) is 11.8 Å². The summed E-state index contributed by atoms with van der Waals surface area (Å²) in [4.78, 5) is 13.0. The van der Waals surface area contributed by atoms with E-state index < -0.39 is 0 Å². The van der Waals surface area contributed by atoms with E-state index in [0.29, 0.717) is 19.6 Å². The Kier molecular flexibility index (Phi) is 3.09. The molecule has 0 aromatic carbocycles. The van der Waals surface area contributed by atoms with E-state index in [9.17, 15) is 4.79 Å². The van der Waals surface area contributed by atoms with Gasteiger partial charge in [0.05, 0.1) is 13.1 Å². The monoisotopic (exact) mass is 167 g/mol. The van der Waals surface area contributed by atoms with Gasteiger partial charge in [-0.05, 0) is 6.92 Å². The van der Waals surface area contributed by atoms with Crippen LogP contribution in [0.4, 0.5) is 0 Å². The van der Waals surface area contributed by atoms with Gasteiger partial charge in [-0.15, -0.1) is 5.92 Å². The van der Waals surface area contributed by atoms with E-state index in [-0.39, 0.29) is 5.91 Å². The van der Waals surface area contributed by atoms with Crippen LogP contribution in [0.5, 0.6) is 0 Å². The summed E-state index contributed by atoms with van der Waals surface area (Å²) in [5, 5.41) is 1.53. The second kappa shape index (κ2) is 4.10. The first kappa shape index (κ1) is 9.04. The summed E-state index contributed by atoms with van der Waals surface area (Å²) in [7, 11) is 0. The number of hydrogen-bond acceptors (Lipinski definition) is 3. The molecule has 1 saturated heterocycles. The van der Waals surface area contributed by atoms with Crippen molar-refractivity contribution >= 4 is 5.91 Å². The zero-order valence-electron chi connectivity index (χ0n) is 7.21. The maximum absolute atomic E-state index is 11.2. The van der Waals surface area contributed by atoms with Crippen molar-refractivity contribution in [2.45, 2.75) is 6.92 Å². The lowest BCUT2D eigenvalue weighted by atomic mass is 10.3. The van der Waals surface area contributed by atoms with Crippen molar-refractivity contribution in [3.05, 3.63) is 0 Å². The average Bonchev–Trinajstić information content (AvgIpc) is 2.03. The highest BCUT2D eigenvalue weighted by atomic mass is 16.2. The predicted molar refractivity (Wildman–Crippen MR) is 45.8 cm³/mol. The third-order valence-corrected chi connectivity index (χ3v) is 1.79. The minimum atomic E-state index is 0.0616. The Hall–Kier alpha value is -1.05. The third kappa shape index (κ3) is 2.22. The first-order chi connectivity index (χ1) is 5.74. The lowest BCUT2D eigenvalue weighted by Gasteiger charge is -2.30. The molecule has 0 bridgehead atoms. The Bertz CT molecular complexity index is 228. The van der Waals surface area contributed by atoms with Gasteiger partial charge in [0.2, 0.25) is 5.91 Å². The predicted octanol–water partition coefficient (Wildman–Crippen LogP) is -0.972. The summed E-state index contributed by atoms with van der Waals surface area (Å²) in [6.07, 6.45) is 0. The van der Waals surface area contributed by atoms with E-state index in [0.717, 1.165) is 6.54 Å². The van der Waals surface area contributed by atoms with Crippen molar-refractivity contribution in [2.24, 2.45) is 5.84 Å². The Balaban J connectivity index is 2.43. The van der Waals surface area contributed by atoms with Crippen LogP contribution in [0.3, 0.4) is 0 Å². The molecule has 1 rings (SSSR count). The molecule has 0 saturated carbocycles.